The Bertz CT molecular complexity index is 973. The van der Waals surface area contributed by atoms with Gasteiger partial charge in [0.15, 0.2) is 0 Å². The number of hydrogen-bond donors (Lipinski definition) is 1. The molecule has 0 radical (unpaired) electrons. The van der Waals surface area contributed by atoms with Crippen LogP contribution in [0.5, 0.6) is 0 Å². The third-order valence-corrected chi connectivity index (χ3v) is 5.94. The van der Waals surface area contributed by atoms with Gasteiger partial charge in [0.2, 0.25) is 0 Å². The minimum Gasteiger partial charge on any atom is -0.480 e. The van der Waals surface area contributed by atoms with Crippen molar-refractivity contribution < 1.29 is 14.6 Å². The van der Waals surface area contributed by atoms with Crippen molar-refractivity contribution in [2.24, 2.45) is 0 Å². The van der Waals surface area contributed by atoms with E-state index in [2.05, 4.69) is 4.98 Å². The molecular weight excluding hydrogens is 360 g/mol. The Balaban J connectivity index is 2.34. The van der Waals surface area contributed by atoms with Crippen LogP contribution in [0.1, 0.15) is 23.7 Å². The molecule has 3 aromatic rings. The largest absolute Gasteiger partial charge is 0.480 e. The van der Waals surface area contributed by atoms with Crippen LogP contribution < -0.4 is 5.56 Å². The lowest BCUT2D eigenvalue weighted by molar-refractivity contribution is -0.140. The van der Waals surface area contributed by atoms with Crippen LogP contribution in [0.4, 0.5) is 0 Å². The van der Waals surface area contributed by atoms with Gasteiger partial charge in [-0.15, -0.1) is 22.7 Å². The maximum absolute atomic E-state index is 13.2. The Morgan fingerprint density at radius 3 is 2.84 bits per heavy atom. The number of carbonyl (C=O) groups is 1. The molecule has 6 nitrogen and oxygen atoms in total. The van der Waals surface area contributed by atoms with Crippen LogP contribution in [0.15, 0.2) is 22.3 Å². The van der Waals surface area contributed by atoms with Crippen LogP contribution in [0, 0.1) is 6.92 Å². The molecule has 0 fully saturated rings. The standard InChI is InChI=1S/C17H18N2O4S2/c1-9(17(21)22)19-12(6-7-23-3)18-15-14(16(19)20)13(10(2)25-15)11-5-4-8-24-11/h4-5,8-9H,6-7H2,1-3H3,(H,21,22). The summed E-state index contributed by atoms with van der Waals surface area (Å²) in [7, 11) is 1.56. The highest BCUT2D eigenvalue weighted by Crippen LogP contribution is 2.38. The van der Waals surface area contributed by atoms with E-state index in [1.54, 1.807) is 18.4 Å². The van der Waals surface area contributed by atoms with E-state index in [9.17, 15) is 14.7 Å². The molecule has 0 amide bonds. The van der Waals surface area contributed by atoms with Crippen LogP contribution in [-0.2, 0) is 16.0 Å². The third-order valence-electron chi connectivity index (χ3n) is 4.05. The van der Waals surface area contributed by atoms with E-state index in [1.807, 2.05) is 24.4 Å². The van der Waals surface area contributed by atoms with E-state index >= 15 is 0 Å². The summed E-state index contributed by atoms with van der Waals surface area (Å²) in [6.45, 7) is 3.82. The lowest BCUT2D eigenvalue weighted by Crippen LogP contribution is -2.32. The number of fused-ring (bicyclic) bond motifs is 1. The number of aliphatic carboxylic acids is 1. The average molecular weight is 378 g/mol. The Kier molecular flexibility index (Phi) is 5.03. The second-order valence-corrected chi connectivity index (χ2v) is 7.80. The SMILES string of the molecule is COCCc1nc2sc(C)c(-c3cccs3)c2c(=O)n1C(C)C(=O)O. The molecule has 1 atom stereocenters. The predicted octanol–water partition coefficient (Wildman–Crippen LogP) is 3.33. The summed E-state index contributed by atoms with van der Waals surface area (Å²) in [4.78, 5) is 32.0. The molecule has 0 aromatic carbocycles. The van der Waals surface area contributed by atoms with Gasteiger partial charge in [-0.1, -0.05) is 6.07 Å². The topological polar surface area (TPSA) is 81.4 Å². The first kappa shape index (κ1) is 17.8. The van der Waals surface area contributed by atoms with E-state index in [0.29, 0.717) is 29.1 Å². The van der Waals surface area contributed by atoms with Crippen molar-refractivity contribution in [2.45, 2.75) is 26.3 Å². The molecule has 0 spiro atoms. The van der Waals surface area contributed by atoms with E-state index in [-0.39, 0.29) is 5.56 Å². The molecule has 0 aliphatic heterocycles. The minimum atomic E-state index is -1.06. The van der Waals surface area contributed by atoms with Crippen molar-refractivity contribution in [3.05, 3.63) is 38.6 Å². The second-order valence-electron chi connectivity index (χ2n) is 5.65. The monoisotopic (exact) mass is 378 g/mol. The molecule has 0 bridgehead atoms. The van der Waals surface area contributed by atoms with Crippen LogP contribution in [-0.4, -0.2) is 34.3 Å². The number of carboxylic acids is 1. The summed E-state index contributed by atoms with van der Waals surface area (Å²) in [5.41, 5.74) is 0.552. The van der Waals surface area contributed by atoms with Crippen molar-refractivity contribution in [1.82, 2.24) is 9.55 Å². The molecule has 25 heavy (non-hydrogen) atoms. The predicted molar refractivity (Wildman–Crippen MR) is 99.9 cm³/mol. The lowest BCUT2D eigenvalue weighted by Gasteiger charge is -2.16. The first-order valence-electron chi connectivity index (χ1n) is 7.75. The van der Waals surface area contributed by atoms with Crippen LogP contribution in [0.3, 0.4) is 0 Å². The summed E-state index contributed by atoms with van der Waals surface area (Å²) < 4.78 is 6.37. The van der Waals surface area contributed by atoms with E-state index in [1.165, 1.54) is 22.8 Å². The normalized spacial score (nSPS) is 12.6. The Morgan fingerprint density at radius 2 is 2.24 bits per heavy atom. The van der Waals surface area contributed by atoms with Crippen LogP contribution in [0.2, 0.25) is 0 Å². The molecule has 132 valence electrons. The molecule has 3 rings (SSSR count). The van der Waals surface area contributed by atoms with Gasteiger partial charge in [-0.3, -0.25) is 9.36 Å². The smallest absolute Gasteiger partial charge is 0.326 e. The molecule has 0 aliphatic carbocycles. The third kappa shape index (κ3) is 3.12. The van der Waals surface area contributed by atoms with Crippen LogP contribution >= 0.6 is 22.7 Å². The molecule has 0 aliphatic rings. The lowest BCUT2D eigenvalue weighted by atomic mass is 10.1. The van der Waals surface area contributed by atoms with Crippen molar-refractivity contribution in [3.8, 4) is 10.4 Å². The van der Waals surface area contributed by atoms with Gasteiger partial charge in [0.25, 0.3) is 5.56 Å². The number of aromatic nitrogens is 2. The van der Waals surface area contributed by atoms with Gasteiger partial charge in [-0.2, -0.15) is 0 Å². The Hall–Kier alpha value is -2.03. The fourth-order valence-electron chi connectivity index (χ4n) is 2.81. The number of hydrogen-bond acceptors (Lipinski definition) is 6. The molecular formula is C17H18N2O4S2. The van der Waals surface area contributed by atoms with E-state index in [0.717, 1.165) is 15.3 Å². The second kappa shape index (κ2) is 7.07. The highest BCUT2D eigenvalue weighted by molar-refractivity contribution is 7.20. The first-order chi connectivity index (χ1) is 12.0. The van der Waals surface area contributed by atoms with Gasteiger partial charge in [0, 0.05) is 28.8 Å². The van der Waals surface area contributed by atoms with Gasteiger partial charge in [-0.25, -0.2) is 9.78 Å². The van der Waals surface area contributed by atoms with E-state index < -0.39 is 12.0 Å². The van der Waals surface area contributed by atoms with Crippen molar-refractivity contribution in [3.63, 3.8) is 0 Å². The number of ether oxygens (including phenoxy) is 1. The average Bonchev–Trinajstić information content (AvgIpc) is 3.19. The number of nitrogens with zero attached hydrogens (tertiary/aromatic N) is 2. The zero-order chi connectivity index (χ0) is 18.1. The van der Waals surface area contributed by atoms with Crippen molar-refractivity contribution >= 4 is 38.9 Å². The van der Waals surface area contributed by atoms with Gasteiger partial charge < -0.3 is 9.84 Å². The summed E-state index contributed by atoms with van der Waals surface area (Å²) >= 11 is 3.01. The highest BCUT2D eigenvalue weighted by Gasteiger charge is 2.25. The molecule has 0 saturated heterocycles. The number of thiophene rings is 2. The zero-order valence-electron chi connectivity index (χ0n) is 14.1. The van der Waals surface area contributed by atoms with Gasteiger partial charge in [0.1, 0.15) is 16.7 Å². The Labute approximate surface area is 152 Å². The Morgan fingerprint density at radius 1 is 1.48 bits per heavy atom. The summed E-state index contributed by atoms with van der Waals surface area (Å²) in [6, 6.07) is 2.90. The van der Waals surface area contributed by atoms with Gasteiger partial charge in [-0.05, 0) is 25.3 Å². The summed E-state index contributed by atoms with van der Waals surface area (Å²) in [6.07, 6.45) is 0.380. The summed E-state index contributed by atoms with van der Waals surface area (Å²) in [5, 5.41) is 11.9. The van der Waals surface area contributed by atoms with Gasteiger partial charge in [0.05, 0.1) is 12.0 Å². The molecule has 0 saturated carbocycles. The maximum atomic E-state index is 13.2. The molecule has 8 heteroatoms. The fourth-order valence-corrected chi connectivity index (χ4v) is 4.76. The fraction of sp³-hybridized carbons (Fsp3) is 0.353. The number of carboxylic acid groups (broad SMARTS) is 1. The molecule has 3 heterocycles. The minimum absolute atomic E-state index is 0.307. The highest BCUT2D eigenvalue weighted by atomic mass is 32.1. The summed E-state index contributed by atoms with van der Waals surface area (Å²) in [5.74, 6) is -0.625. The molecule has 1 unspecified atom stereocenters. The van der Waals surface area contributed by atoms with Gasteiger partial charge >= 0.3 is 5.97 Å². The van der Waals surface area contributed by atoms with Crippen molar-refractivity contribution in [1.29, 1.82) is 0 Å². The molecule has 3 aromatic heterocycles. The first-order valence-corrected chi connectivity index (χ1v) is 9.45. The number of methoxy groups -OCH3 is 1. The number of rotatable bonds is 6. The quantitative estimate of drug-likeness (QED) is 0.711. The van der Waals surface area contributed by atoms with E-state index in [4.69, 9.17) is 4.74 Å². The maximum Gasteiger partial charge on any atom is 0.326 e. The number of aryl methyl sites for hydroxylation is 1. The van der Waals surface area contributed by atoms with Crippen molar-refractivity contribution in [2.75, 3.05) is 13.7 Å². The van der Waals surface area contributed by atoms with Crippen LogP contribution in [0.25, 0.3) is 20.7 Å². The molecule has 1 N–H and O–H groups in total. The zero-order valence-corrected chi connectivity index (χ0v) is 15.7.